The lowest BCUT2D eigenvalue weighted by atomic mass is 10.0. The summed E-state index contributed by atoms with van der Waals surface area (Å²) >= 11 is 3.43. The molecule has 1 fully saturated rings. The van der Waals surface area contributed by atoms with Crippen molar-refractivity contribution in [1.29, 1.82) is 0 Å². The van der Waals surface area contributed by atoms with Gasteiger partial charge in [-0.15, -0.1) is 12.4 Å². The molecule has 1 aromatic rings. The Balaban J connectivity index is 0.00000144. The van der Waals surface area contributed by atoms with Crippen molar-refractivity contribution in [1.82, 2.24) is 10.6 Å². The van der Waals surface area contributed by atoms with Crippen LogP contribution in [0.15, 0.2) is 28.7 Å². The summed E-state index contributed by atoms with van der Waals surface area (Å²) in [5.41, 5.74) is 1.12. The Kier molecular flexibility index (Phi) is 5.43. The molecule has 0 bridgehead atoms. The van der Waals surface area contributed by atoms with Gasteiger partial charge in [0.25, 0.3) is 0 Å². The van der Waals surface area contributed by atoms with E-state index in [0.717, 1.165) is 23.1 Å². The number of rotatable bonds is 3. The molecule has 1 atom stereocenters. The monoisotopic (exact) mass is 318 g/mol. The summed E-state index contributed by atoms with van der Waals surface area (Å²) in [5, 5.41) is 6.12. The van der Waals surface area contributed by atoms with Crippen LogP contribution in [0, 0.1) is 5.92 Å². The molecule has 1 unspecified atom stereocenters. The molecule has 17 heavy (non-hydrogen) atoms. The quantitative estimate of drug-likeness (QED) is 0.897. The lowest BCUT2D eigenvalue weighted by Crippen LogP contribution is -2.51. The number of halogens is 2. The van der Waals surface area contributed by atoms with Gasteiger partial charge in [-0.2, -0.15) is 0 Å². The van der Waals surface area contributed by atoms with Crippen molar-refractivity contribution in [2.75, 3.05) is 13.1 Å². The summed E-state index contributed by atoms with van der Waals surface area (Å²) in [6.45, 7) is 3.61. The smallest absolute Gasteiger partial charge is 0.226 e. The third kappa shape index (κ3) is 3.69. The van der Waals surface area contributed by atoms with Crippen LogP contribution in [0.2, 0.25) is 0 Å². The van der Waals surface area contributed by atoms with E-state index in [4.69, 9.17) is 0 Å². The Labute approximate surface area is 116 Å². The fourth-order valence-electron chi connectivity index (χ4n) is 1.66. The predicted molar refractivity (Wildman–Crippen MR) is 74.3 cm³/mol. The summed E-state index contributed by atoms with van der Waals surface area (Å²) < 4.78 is 1.04. The molecule has 5 heteroatoms. The lowest BCUT2D eigenvalue weighted by molar-refractivity contribution is -0.127. The molecule has 2 N–H and O–H groups in total. The minimum absolute atomic E-state index is 0. The van der Waals surface area contributed by atoms with Crippen LogP contribution >= 0.6 is 28.3 Å². The van der Waals surface area contributed by atoms with Crippen molar-refractivity contribution in [2.24, 2.45) is 5.92 Å². The molecule has 0 radical (unpaired) electrons. The first-order valence-electron chi connectivity index (χ1n) is 5.43. The fourth-order valence-corrected chi connectivity index (χ4v) is 2.08. The van der Waals surface area contributed by atoms with Crippen molar-refractivity contribution < 1.29 is 4.79 Å². The molecule has 1 amide bonds. The molecular formula is C12H16BrClN2O. The van der Waals surface area contributed by atoms with Crippen LogP contribution in [0.1, 0.15) is 18.5 Å². The topological polar surface area (TPSA) is 41.1 Å². The van der Waals surface area contributed by atoms with Crippen LogP contribution in [0.3, 0.4) is 0 Å². The Bertz CT molecular complexity index is 396. The molecule has 94 valence electrons. The van der Waals surface area contributed by atoms with E-state index in [1.165, 1.54) is 0 Å². The lowest BCUT2D eigenvalue weighted by Gasteiger charge is -2.27. The van der Waals surface area contributed by atoms with Crippen LogP contribution in [0.5, 0.6) is 0 Å². The number of benzene rings is 1. The highest BCUT2D eigenvalue weighted by atomic mass is 79.9. The van der Waals surface area contributed by atoms with Crippen LogP contribution in [-0.2, 0) is 4.79 Å². The van der Waals surface area contributed by atoms with E-state index in [9.17, 15) is 4.79 Å². The van der Waals surface area contributed by atoms with Gasteiger partial charge in [0.05, 0.1) is 12.0 Å². The number of amides is 1. The van der Waals surface area contributed by atoms with Gasteiger partial charge >= 0.3 is 0 Å². The number of hydrogen-bond donors (Lipinski definition) is 2. The zero-order chi connectivity index (χ0) is 11.5. The zero-order valence-corrected chi connectivity index (χ0v) is 12.0. The summed E-state index contributed by atoms with van der Waals surface area (Å²) in [6, 6.07) is 8.07. The molecule has 1 saturated heterocycles. The number of hydrogen-bond acceptors (Lipinski definition) is 2. The van der Waals surface area contributed by atoms with Gasteiger partial charge in [-0.05, 0) is 24.6 Å². The molecule has 1 heterocycles. The van der Waals surface area contributed by atoms with E-state index < -0.39 is 0 Å². The number of carbonyl (C=O) groups is 1. The standard InChI is InChI=1S/C12H15BrN2O.ClH/c1-8(9-3-2-4-11(13)5-9)15-12(16)10-6-14-7-10;/h2-5,8,10,14H,6-7H2,1H3,(H,15,16);1H. The second kappa shape index (κ2) is 6.38. The molecule has 1 aliphatic heterocycles. The van der Waals surface area contributed by atoms with E-state index in [1.54, 1.807) is 0 Å². The minimum Gasteiger partial charge on any atom is -0.349 e. The molecule has 1 aromatic carbocycles. The fraction of sp³-hybridized carbons (Fsp3) is 0.417. The summed E-state index contributed by atoms with van der Waals surface area (Å²) in [4.78, 5) is 11.7. The normalized spacial score (nSPS) is 16.6. The van der Waals surface area contributed by atoms with E-state index in [0.29, 0.717) is 0 Å². The Hall–Kier alpha value is -0.580. The zero-order valence-electron chi connectivity index (χ0n) is 9.57. The molecule has 0 aliphatic carbocycles. The Morgan fingerprint density at radius 3 is 2.76 bits per heavy atom. The average Bonchev–Trinajstić information content (AvgIpc) is 2.14. The van der Waals surface area contributed by atoms with Gasteiger partial charge in [0.2, 0.25) is 5.91 Å². The third-order valence-electron chi connectivity index (χ3n) is 2.86. The largest absolute Gasteiger partial charge is 0.349 e. The van der Waals surface area contributed by atoms with Crippen molar-refractivity contribution in [3.05, 3.63) is 34.3 Å². The Morgan fingerprint density at radius 2 is 2.24 bits per heavy atom. The predicted octanol–water partition coefficient (Wildman–Crippen LogP) is 2.27. The van der Waals surface area contributed by atoms with E-state index in [2.05, 4.69) is 26.6 Å². The minimum atomic E-state index is 0. The summed E-state index contributed by atoms with van der Waals surface area (Å²) in [5.74, 6) is 0.292. The van der Waals surface area contributed by atoms with Crippen molar-refractivity contribution in [3.8, 4) is 0 Å². The number of nitrogens with one attached hydrogen (secondary N) is 2. The van der Waals surface area contributed by atoms with E-state index in [1.807, 2.05) is 31.2 Å². The van der Waals surface area contributed by atoms with Crippen LogP contribution in [0.4, 0.5) is 0 Å². The second-order valence-corrected chi connectivity index (χ2v) is 5.06. The average molecular weight is 320 g/mol. The first-order valence-corrected chi connectivity index (χ1v) is 6.22. The van der Waals surface area contributed by atoms with Gasteiger partial charge < -0.3 is 10.6 Å². The highest BCUT2D eigenvalue weighted by Gasteiger charge is 2.25. The van der Waals surface area contributed by atoms with Crippen LogP contribution in [-0.4, -0.2) is 19.0 Å². The van der Waals surface area contributed by atoms with Gasteiger partial charge in [0.15, 0.2) is 0 Å². The SMILES string of the molecule is CC(NC(=O)C1CNC1)c1cccc(Br)c1.Cl. The third-order valence-corrected chi connectivity index (χ3v) is 3.35. The highest BCUT2D eigenvalue weighted by molar-refractivity contribution is 9.10. The Morgan fingerprint density at radius 1 is 1.53 bits per heavy atom. The maximum atomic E-state index is 11.7. The first kappa shape index (κ1) is 14.5. The molecule has 0 saturated carbocycles. The van der Waals surface area contributed by atoms with E-state index >= 15 is 0 Å². The maximum Gasteiger partial charge on any atom is 0.226 e. The molecule has 0 aromatic heterocycles. The molecule has 1 aliphatic rings. The van der Waals surface area contributed by atoms with Gasteiger partial charge in [0, 0.05) is 17.6 Å². The molecule has 0 spiro atoms. The molecule has 3 nitrogen and oxygen atoms in total. The molecular weight excluding hydrogens is 304 g/mol. The summed E-state index contributed by atoms with van der Waals surface area (Å²) in [7, 11) is 0. The van der Waals surface area contributed by atoms with Crippen LogP contribution < -0.4 is 10.6 Å². The van der Waals surface area contributed by atoms with Crippen LogP contribution in [0.25, 0.3) is 0 Å². The number of carbonyl (C=O) groups excluding carboxylic acids is 1. The summed E-state index contributed by atoms with van der Waals surface area (Å²) in [6.07, 6.45) is 0. The van der Waals surface area contributed by atoms with Gasteiger partial charge in [-0.3, -0.25) is 4.79 Å². The van der Waals surface area contributed by atoms with Gasteiger partial charge in [-0.1, -0.05) is 28.1 Å². The maximum absolute atomic E-state index is 11.7. The van der Waals surface area contributed by atoms with Gasteiger partial charge in [0.1, 0.15) is 0 Å². The van der Waals surface area contributed by atoms with Gasteiger partial charge in [-0.25, -0.2) is 0 Å². The van der Waals surface area contributed by atoms with E-state index in [-0.39, 0.29) is 30.3 Å². The second-order valence-electron chi connectivity index (χ2n) is 4.14. The van der Waals surface area contributed by atoms with Crippen molar-refractivity contribution in [2.45, 2.75) is 13.0 Å². The molecule has 2 rings (SSSR count). The van der Waals surface area contributed by atoms with Crippen molar-refractivity contribution in [3.63, 3.8) is 0 Å². The first-order chi connectivity index (χ1) is 7.66. The highest BCUT2D eigenvalue weighted by Crippen LogP contribution is 2.18. The van der Waals surface area contributed by atoms with Crippen molar-refractivity contribution >= 4 is 34.2 Å².